The van der Waals surface area contributed by atoms with Crippen LogP contribution in [0.4, 0.5) is 0 Å². The van der Waals surface area contributed by atoms with E-state index in [0.29, 0.717) is 0 Å². The van der Waals surface area contributed by atoms with Crippen molar-refractivity contribution in [1.29, 1.82) is 0 Å². The Hall–Kier alpha value is 0.767. The Balaban J connectivity index is 0. The van der Waals surface area contributed by atoms with E-state index in [1.807, 2.05) is 6.92 Å². The van der Waals surface area contributed by atoms with Gasteiger partial charge in [0.15, 0.2) is 0 Å². The third-order valence-corrected chi connectivity index (χ3v) is 7.20. The van der Waals surface area contributed by atoms with Crippen molar-refractivity contribution < 1.29 is 18.9 Å². The topological polar surface area (TPSA) is 0 Å². The Bertz CT molecular complexity index is 126. The zero-order chi connectivity index (χ0) is 8.20. The normalized spacial score (nSPS) is 12.6. The summed E-state index contributed by atoms with van der Waals surface area (Å²) in [6.45, 7) is 11.2. The third-order valence-electron chi connectivity index (χ3n) is 2.57. The van der Waals surface area contributed by atoms with Crippen LogP contribution in [0.2, 0.25) is 0 Å². The van der Waals surface area contributed by atoms with E-state index < -0.39 is 7.26 Å². The first kappa shape index (κ1) is 14.3. The summed E-state index contributed by atoms with van der Waals surface area (Å²) in [7, 11) is -0.717. The number of rotatable bonds is 3. The molecule has 11 heavy (non-hydrogen) atoms. The summed E-state index contributed by atoms with van der Waals surface area (Å²) < 4.78 is 0. The summed E-state index contributed by atoms with van der Waals surface area (Å²) in [6, 6.07) is 0. The minimum atomic E-state index is -0.717. The maximum Gasteiger partial charge on any atom is 1.00 e. The molecule has 0 saturated heterocycles. The van der Waals surface area contributed by atoms with Crippen LogP contribution in [0.25, 0.3) is 0 Å². The first-order valence-electron chi connectivity index (χ1n) is 3.97. The van der Waals surface area contributed by atoms with Crippen LogP contribution in [0.15, 0.2) is 5.31 Å². The molecule has 60 valence electrons. The molecule has 0 aliphatic heterocycles. The van der Waals surface area contributed by atoms with Gasteiger partial charge in [-0.05, 0) is 20.8 Å². The Labute approximate surface area is 84.4 Å². The predicted octanol–water partition coefficient (Wildman–Crippen LogP) is 0.404. The van der Waals surface area contributed by atoms with E-state index in [9.17, 15) is 0 Å². The molecule has 0 amide bonds. The summed E-state index contributed by atoms with van der Waals surface area (Å²) >= 11 is 0. The molecule has 0 aromatic carbocycles. The molecular weight excluding hydrogens is 146 g/mol. The largest absolute Gasteiger partial charge is 1.00 e. The number of hydrogen-bond acceptors (Lipinski definition) is 0. The van der Waals surface area contributed by atoms with E-state index in [4.69, 9.17) is 0 Å². The zero-order valence-electron chi connectivity index (χ0n) is 8.86. The van der Waals surface area contributed by atoms with Gasteiger partial charge >= 0.3 is 18.9 Å². The predicted molar refractivity (Wildman–Crippen MR) is 52.0 cm³/mol. The molecule has 0 radical (unpaired) electrons. The fraction of sp³-hybridized carbons (Fsp3) is 0.778. The van der Waals surface area contributed by atoms with E-state index in [1.54, 1.807) is 0 Å². The van der Waals surface area contributed by atoms with E-state index in [-0.39, 0.29) is 18.9 Å². The molecule has 0 N–H and O–H groups in total. The molecule has 0 bridgehead atoms. The Morgan fingerprint density at radius 3 is 1.73 bits per heavy atom. The summed E-state index contributed by atoms with van der Waals surface area (Å²) in [5.74, 6) is 0. The zero-order valence-corrected chi connectivity index (χ0v) is 9.76. The van der Waals surface area contributed by atoms with Gasteiger partial charge in [-0.1, -0.05) is 0 Å². The van der Waals surface area contributed by atoms with Crippen molar-refractivity contribution in [2.75, 3.05) is 19.0 Å². The standard InChI is InChI=1S/C9H19P.Li/c1-6-9(4)10(5,7-2)8-3;/h7-8H2,1-5H3;/q;+1. The maximum atomic E-state index is 3.27. The first-order valence-corrected chi connectivity index (χ1v) is 6.57. The van der Waals surface area contributed by atoms with Gasteiger partial charge in [0.25, 0.3) is 0 Å². The molecule has 0 atom stereocenters. The summed E-state index contributed by atoms with van der Waals surface area (Å²) in [5.41, 5.74) is 0. The summed E-state index contributed by atoms with van der Waals surface area (Å²) in [5, 5.41) is 1.51. The molecule has 0 aliphatic rings. The molecule has 0 saturated carbocycles. The van der Waals surface area contributed by atoms with Crippen LogP contribution in [0.3, 0.4) is 0 Å². The Morgan fingerprint density at radius 1 is 1.27 bits per heavy atom. The molecule has 2 heteroatoms. The van der Waals surface area contributed by atoms with E-state index >= 15 is 0 Å². The molecular formula is C9H19LiP+. The molecule has 0 rings (SSSR count). The van der Waals surface area contributed by atoms with E-state index in [2.05, 4.69) is 33.5 Å². The number of hydrogen-bond donors (Lipinski definition) is 0. The van der Waals surface area contributed by atoms with Gasteiger partial charge in [-0.3, -0.25) is 0 Å². The Morgan fingerprint density at radius 2 is 1.64 bits per heavy atom. The van der Waals surface area contributed by atoms with Crippen molar-refractivity contribution >= 4 is 7.26 Å². The summed E-state index contributed by atoms with van der Waals surface area (Å²) in [6.07, 6.45) is 5.93. The van der Waals surface area contributed by atoms with Crippen LogP contribution in [0.5, 0.6) is 0 Å². The monoisotopic (exact) mass is 165 g/mol. The van der Waals surface area contributed by atoms with Gasteiger partial charge in [0.05, 0.1) is 19.0 Å². The van der Waals surface area contributed by atoms with Crippen molar-refractivity contribution in [2.45, 2.75) is 27.7 Å². The molecule has 0 aliphatic carbocycles. The van der Waals surface area contributed by atoms with Crippen molar-refractivity contribution in [3.63, 3.8) is 0 Å². The third kappa shape index (κ3) is 3.80. The van der Waals surface area contributed by atoms with Crippen molar-refractivity contribution in [2.24, 2.45) is 0 Å². The fourth-order valence-electron chi connectivity index (χ4n) is 0.968. The summed E-state index contributed by atoms with van der Waals surface area (Å²) in [4.78, 5) is 0. The van der Waals surface area contributed by atoms with E-state index in [0.717, 1.165) is 0 Å². The van der Waals surface area contributed by atoms with Gasteiger partial charge in [0.1, 0.15) is 0 Å². The minimum absolute atomic E-state index is 0. The van der Waals surface area contributed by atoms with Crippen LogP contribution in [0, 0.1) is 6.08 Å². The molecule has 0 unspecified atom stereocenters. The fourth-order valence-corrected chi connectivity index (χ4v) is 2.90. The minimum Gasteiger partial charge on any atom is -0.459 e. The van der Waals surface area contributed by atoms with Gasteiger partial charge < -0.3 is 6.08 Å². The molecule has 0 nitrogen and oxygen atoms in total. The maximum absolute atomic E-state index is 3.27. The average molecular weight is 165 g/mol. The van der Waals surface area contributed by atoms with Gasteiger partial charge in [-0.15, -0.1) is 5.31 Å². The first-order chi connectivity index (χ1) is 4.60. The van der Waals surface area contributed by atoms with Gasteiger partial charge in [-0.25, -0.2) is 0 Å². The van der Waals surface area contributed by atoms with Crippen LogP contribution < -0.4 is 18.9 Å². The SMILES string of the molecule is C[C-]=C(C)[P+](C)(CC)CC.[Li+]. The number of allylic oxidation sites excluding steroid dienone is 2. The van der Waals surface area contributed by atoms with Crippen LogP contribution in [-0.2, 0) is 0 Å². The Kier molecular flexibility index (Phi) is 8.19. The van der Waals surface area contributed by atoms with Crippen molar-refractivity contribution in [1.82, 2.24) is 0 Å². The van der Waals surface area contributed by atoms with Crippen molar-refractivity contribution in [3.05, 3.63) is 11.4 Å². The second-order valence-corrected chi connectivity index (χ2v) is 7.59. The quantitative estimate of drug-likeness (QED) is 0.323. The molecule has 0 aromatic rings. The molecule has 0 aromatic heterocycles. The van der Waals surface area contributed by atoms with Gasteiger partial charge in [0.2, 0.25) is 0 Å². The smallest absolute Gasteiger partial charge is 0.459 e. The average Bonchev–Trinajstić information content (AvgIpc) is 2.01. The van der Waals surface area contributed by atoms with Crippen molar-refractivity contribution in [3.8, 4) is 0 Å². The van der Waals surface area contributed by atoms with E-state index in [1.165, 1.54) is 17.6 Å². The second-order valence-electron chi connectivity index (χ2n) is 2.86. The van der Waals surface area contributed by atoms with Gasteiger partial charge in [-0.2, -0.15) is 6.92 Å². The second kappa shape index (κ2) is 6.30. The van der Waals surface area contributed by atoms with Gasteiger partial charge in [0, 0.05) is 7.26 Å². The molecule has 0 spiro atoms. The van der Waals surface area contributed by atoms with Crippen LogP contribution in [0.1, 0.15) is 27.7 Å². The van der Waals surface area contributed by atoms with Crippen LogP contribution in [-0.4, -0.2) is 19.0 Å². The molecule has 0 heterocycles. The van der Waals surface area contributed by atoms with Crippen LogP contribution >= 0.6 is 7.26 Å². The molecule has 0 fully saturated rings.